The predicted octanol–water partition coefficient (Wildman–Crippen LogP) is 6.38. The summed E-state index contributed by atoms with van der Waals surface area (Å²) in [7, 11) is 0. The van der Waals surface area contributed by atoms with E-state index in [1.165, 1.54) is 23.8 Å². The second-order valence-corrected chi connectivity index (χ2v) is 9.59. The third kappa shape index (κ3) is 6.82. The third-order valence-electron chi connectivity index (χ3n) is 6.44. The predicted molar refractivity (Wildman–Crippen MR) is 154 cm³/mol. The first-order valence-corrected chi connectivity index (χ1v) is 13.5. The lowest BCUT2D eigenvalue weighted by Crippen LogP contribution is -2.54. The molecule has 0 aliphatic carbocycles. The van der Waals surface area contributed by atoms with E-state index < -0.39 is 17.8 Å². The van der Waals surface area contributed by atoms with Gasteiger partial charge in [0.1, 0.15) is 24.5 Å². The molecule has 4 rings (SSSR count). The van der Waals surface area contributed by atoms with Crippen LogP contribution in [0.5, 0.6) is 17.2 Å². The number of barbiturate groups is 1. The number of rotatable bonds is 11. The van der Waals surface area contributed by atoms with Gasteiger partial charge in [-0.3, -0.25) is 14.9 Å². The van der Waals surface area contributed by atoms with E-state index in [1.54, 1.807) is 30.3 Å². The molecule has 40 heavy (non-hydrogen) atoms. The van der Waals surface area contributed by atoms with Crippen LogP contribution in [0.2, 0.25) is 5.02 Å². The smallest absolute Gasteiger partial charge is 0.335 e. The van der Waals surface area contributed by atoms with Gasteiger partial charge in [-0.2, -0.15) is 0 Å². The zero-order valence-electron chi connectivity index (χ0n) is 22.6. The molecule has 0 spiro atoms. The number of urea groups is 1. The van der Waals surface area contributed by atoms with Crippen molar-refractivity contribution in [3.05, 3.63) is 88.5 Å². The van der Waals surface area contributed by atoms with Crippen molar-refractivity contribution in [2.24, 2.45) is 0 Å². The molecule has 1 N–H and O–H groups in total. The minimum absolute atomic E-state index is 0.196. The van der Waals surface area contributed by atoms with Crippen LogP contribution in [-0.2, 0) is 9.59 Å². The van der Waals surface area contributed by atoms with Crippen LogP contribution >= 0.6 is 11.6 Å². The molecule has 9 heteroatoms. The van der Waals surface area contributed by atoms with Gasteiger partial charge >= 0.3 is 6.03 Å². The molecule has 0 bridgehead atoms. The summed E-state index contributed by atoms with van der Waals surface area (Å²) in [6, 6.07) is 18.5. The average Bonchev–Trinajstić information content (AvgIpc) is 2.95. The van der Waals surface area contributed by atoms with Crippen molar-refractivity contribution in [3.63, 3.8) is 0 Å². The molecule has 3 aromatic rings. The number of carbonyl (C=O) groups is 3. The summed E-state index contributed by atoms with van der Waals surface area (Å²) in [5, 5.41) is 2.66. The van der Waals surface area contributed by atoms with Crippen LogP contribution in [0.3, 0.4) is 0 Å². The lowest BCUT2D eigenvalue weighted by Gasteiger charge is -2.26. The molecule has 1 heterocycles. The number of halogens is 1. The summed E-state index contributed by atoms with van der Waals surface area (Å²) in [5.74, 6) is 0.686. The summed E-state index contributed by atoms with van der Waals surface area (Å²) in [6.07, 6.45) is 2.49. The van der Waals surface area contributed by atoms with Crippen molar-refractivity contribution in [2.75, 3.05) is 24.7 Å². The van der Waals surface area contributed by atoms with Crippen molar-refractivity contribution < 1.29 is 28.6 Å². The lowest BCUT2D eigenvalue weighted by atomic mass is 9.99. The average molecular weight is 563 g/mol. The minimum atomic E-state index is -0.832. The molecular weight excluding hydrogens is 532 g/mol. The van der Waals surface area contributed by atoms with Crippen molar-refractivity contribution in [1.29, 1.82) is 0 Å². The van der Waals surface area contributed by atoms with Gasteiger partial charge in [0.15, 0.2) is 11.5 Å². The van der Waals surface area contributed by atoms with Crippen LogP contribution < -0.4 is 24.4 Å². The van der Waals surface area contributed by atoms with Crippen molar-refractivity contribution in [3.8, 4) is 17.2 Å². The maximum atomic E-state index is 13.1. The van der Waals surface area contributed by atoms with Crippen LogP contribution in [0.4, 0.5) is 10.5 Å². The van der Waals surface area contributed by atoms with E-state index in [0.29, 0.717) is 41.2 Å². The Bertz CT molecular complexity index is 1400. The highest BCUT2D eigenvalue weighted by Gasteiger charge is 2.36. The SMILES string of the molecule is CCOc1cc(/C=C2/C(=O)NC(=O)N(c3ccc(Cl)cc3)C2=O)ccc1OCCOc1ccc(C(C)CC)cc1. The fourth-order valence-corrected chi connectivity index (χ4v) is 4.22. The number of nitrogens with one attached hydrogen (secondary N) is 1. The minimum Gasteiger partial charge on any atom is -0.490 e. The number of hydrogen-bond acceptors (Lipinski definition) is 6. The van der Waals surface area contributed by atoms with Crippen LogP contribution in [-0.4, -0.2) is 37.7 Å². The third-order valence-corrected chi connectivity index (χ3v) is 6.69. The molecule has 1 saturated heterocycles. The van der Waals surface area contributed by atoms with Gasteiger partial charge in [-0.05, 0) is 85.0 Å². The highest BCUT2D eigenvalue weighted by Crippen LogP contribution is 2.31. The summed E-state index contributed by atoms with van der Waals surface area (Å²) in [4.78, 5) is 39.0. The van der Waals surface area contributed by atoms with E-state index in [2.05, 4.69) is 31.3 Å². The molecule has 4 amide bonds. The Morgan fingerprint density at radius 2 is 1.57 bits per heavy atom. The number of ether oxygens (including phenoxy) is 3. The zero-order chi connectivity index (χ0) is 28.6. The topological polar surface area (TPSA) is 94.2 Å². The molecule has 1 aliphatic rings. The fourth-order valence-electron chi connectivity index (χ4n) is 4.09. The first kappa shape index (κ1) is 28.7. The van der Waals surface area contributed by atoms with Gasteiger partial charge in [0, 0.05) is 5.02 Å². The summed E-state index contributed by atoms with van der Waals surface area (Å²) in [5.41, 5.74) is 1.90. The lowest BCUT2D eigenvalue weighted by molar-refractivity contribution is -0.122. The van der Waals surface area contributed by atoms with Gasteiger partial charge in [-0.25, -0.2) is 9.69 Å². The quantitative estimate of drug-likeness (QED) is 0.166. The molecule has 1 atom stereocenters. The summed E-state index contributed by atoms with van der Waals surface area (Å²) < 4.78 is 17.4. The highest BCUT2D eigenvalue weighted by atomic mass is 35.5. The van der Waals surface area contributed by atoms with E-state index in [4.69, 9.17) is 25.8 Å². The Labute approximate surface area is 238 Å². The van der Waals surface area contributed by atoms with Crippen molar-refractivity contribution in [2.45, 2.75) is 33.1 Å². The maximum Gasteiger partial charge on any atom is 0.335 e. The van der Waals surface area contributed by atoms with E-state index in [0.717, 1.165) is 17.1 Å². The number of amides is 4. The fraction of sp³-hybridized carbons (Fsp3) is 0.258. The van der Waals surface area contributed by atoms with Crippen LogP contribution in [0.15, 0.2) is 72.3 Å². The van der Waals surface area contributed by atoms with Gasteiger partial charge < -0.3 is 14.2 Å². The van der Waals surface area contributed by atoms with Crippen molar-refractivity contribution >= 4 is 41.2 Å². The standard InChI is InChI=1S/C31H31ClN2O6/c1-4-20(3)22-7-13-25(14-8-22)39-16-17-40-27-15-6-21(19-28(27)38-5-2)18-26-29(35)33-31(37)34(30(26)36)24-11-9-23(32)10-12-24/h6-15,18-20H,4-5,16-17H2,1-3H3,(H,33,35,37)/b26-18-. The Morgan fingerprint density at radius 1 is 0.875 bits per heavy atom. The van der Waals surface area contributed by atoms with E-state index in [9.17, 15) is 14.4 Å². The molecule has 0 radical (unpaired) electrons. The van der Waals surface area contributed by atoms with E-state index in [-0.39, 0.29) is 17.9 Å². The van der Waals surface area contributed by atoms with Crippen LogP contribution in [0, 0.1) is 0 Å². The Morgan fingerprint density at radius 3 is 2.25 bits per heavy atom. The largest absolute Gasteiger partial charge is 0.490 e. The molecule has 0 aromatic heterocycles. The Balaban J connectivity index is 1.45. The zero-order valence-corrected chi connectivity index (χ0v) is 23.4. The second kappa shape index (κ2) is 13.2. The summed E-state index contributed by atoms with van der Waals surface area (Å²) in [6.45, 7) is 7.20. The number of hydrogen-bond donors (Lipinski definition) is 1. The Hall–Kier alpha value is -4.30. The van der Waals surface area contributed by atoms with Crippen LogP contribution in [0.25, 0.3) is 6.08 Å². The van der Waals surface area contributed by atoms with Gasteiger partial charge in [-0.1, -0.05) is 43.6 Å². The molecular formula is C31H31ClN2O6. The van der Waals surface area contributed by atoms with Gasteiger partial charge in [0.25, 0.3) is 11.8 Å². The van der Waals surface area contributed by atoms with Gasteiger partial charge in [0.05, 0.1) is 12.3 Å². The number of anilines is 1. The van der Waals surface area contributed by atoms with Crippen molar-refractivity contribution in [1.82, 2.24) is 5.32 Å². The summed E-state index contributed by atoms with van der Waals surface area (Å²) >= 11 is 5.92. The van der Waals surface area contributed by atoms with Gasteiger partial charge in [0.2, 0.25) is 0 Å². The maximum absolute atomic E-state index is 13.1. The molecule has 1 aliphatic heterocycles. The van der Waals surface area contributed by atoms with Gasteiger partial charge in [-0.15, -0.1) is 0 Å². The molecule has 3 aromatic carbocycles. The van der Waals surface area contributed by atoms with Crippen LogP contribution in [0.1, 0.15) is 44.2 Å². The second-order valence-electron chi connectivity index (χ2n) is 9.15. The molecule has 208 valence electrons. The number of benzene rings is 3. The molecule has 1 unspecified atom stereocenters. The first-order chi connectivity index (χ1) is 19.3. The molecule has 8 nitrogen and oxygen atoms in total. The first-order valence-electron chi connectivity index (χ1n) is 13.1. The normalized spacial score (nSPS) is 15.2. The monoisotopic (exact) mass is 562 g/mol. The molecule has 1 fully saturated rings. The van der Waals surface area contributed by atoms with E-state index >= 15 is 0 Å². The van der Waals surface area contributed by atoms with E-state index in [1.807, 2.05) is 19.1 Å². The highest BCUT2D eigenvalue weighted by molar-refractivity contribution is 6.39. The Kier molecular flexibility index (Phi) is 9.45. The number of nitrogens with zero attached hydrogens (tertiary/aromatic N) is 1. The molecule has 0 saturated carbocycles. The number of imide groups is 2. The number of carbonyl (C=O) groups excluding carboxylic acids is 3.